The first-order valence-electron chi connectivity index (χ1n) is 6.83. The highest BCUT2D eigenvalue weighted by molar-refractivity contribution is 5.87. The fourth-order valence-corrected chi connectivity index (χ4v) is 1.55. The van der Waals surface area contributed by atoms with Crippen LogP contribution in [0.25, 0.3) is 6.08 Å². The van der Waals surface area contributed by atoms with E-state index in [9.17, 15) is 9.59 Å². The van der Waals surface area contributed by atoms with E-state index in [0.29, 0.717) is 5.69 Å². The molecule has 0 heterocycles. The molecular weight excluding hydrogens is 282 g/mol. The summed E-state index contributed by atoms with van der Waals surface area (Å²) in [6.07, 6.45) is 5.50. The summed E-state index contributed by atoms with van der Waals surface area (Å²) in [5, 5.41) is 8.47. The molecule has 0 radical (unpaired) electrons. The molecule has 0 unspecified atom stereocenters. The number of rotatable bonds is 4. The maximum atomic E-state index is 11.9. The summed E-state index contributed by atoms with van der Waals surface area (Å²) in [5.74, 6) is -0.987. The highest BCUT2D eigenvalue weighted by Crippen LogP contribution is 2.18. The van der Waals surface area contributed by atoms with Gasteiger partial charge in [0.05, 0.1) is 0 Å². The normalized spacial score (nSPS) is 11.8. The van der Waals surface area contributed by atoms with Crippen molar-refractivity contribution < 1.29 is 19.4 Å². The first kappa shape index (κ1) is 17.5. The average Bonchev–Trinajstić information content (AvgIpc) is 2.41. The van der Waals surface area contributed by atoms with Crippen LogP contribution in [0.4, 0.5) is 10.5 Å². The van der Waals surface area contributed by atoms with Crippen LogP contribution in [0.5, 0.6) is 0 Å². The van der Waals surface area contributed by atoms with Crippen LogP contribution in [0.2, 0.25) is 0 Å². The summed E-state index contributed by atoms with van der Waals surface area (Å²) in [7, 11) is 1.65. The van der Waals surface area contributed by atoms with Gasteiger partial charge >= 0.3 is 12.1 Å². The quantitative estimate of drug-likeness (QED) is 0.680. The maximum Gasteiger partial charge on any atom is 0.414 e. The average molecular weight is 303 g/mol. The van der Waals surface area contributed by atoms with Crippen LogP contribution in [0.3, 0.4) is 0 Å². The number of hydrogen-bond donors (Lipinski definition) is 1. The van der Waals surface area contributed by atoms with Crippen molar-refractivity contribution in [3.63, 3.8) is 0 Å². The lowest BCUT2D eigenvalue weighted by atomic mass is 10.2. The Kier molecular flexibility index (Phi) is 5.92. The van der Waals surface area contributed by atoms with Gasteiger partial charge in [0, 0.05) is 18.8 Å². The SMILES string of the molecule is CN(C(=O)OC(C)(C)C)c1ccc(C=CC=CC(=O)O)cc1. The second-order valence-corrected chi connectivity index (χ2v) is 5.69. The van der Waals surface area contributed by atoms with Gasteiger partial charge in [-0.2, -0.15) is 0 Å². The summed E-state index contributed by atoms with van der Waals surface area (Å²) >= 11 is 0. The first-order valence-corrected chi connectivity index (χ1v) is 6.83. The lowest BCUT2D eigenvalue weighted by Crippen LogP contribution is -2.34. The Labute approximate surface area is 130 Å². The summed E-state index contributed by atoms with van der Waals surface area (Å²) in [4.78, 5) is 23.7. The molecule has 0 aliphatic carbocycles. The third-order valence-electron chi connectivity index (χ3n) is 2.59. The fraction of sp³-hybridized carbons (Fsp3) is 0.294. The minimum absolute atomic E-state index is 0.416. The number of ether oxygens (including phenoxy) is 1. The third kappa shape index (κ3) is 6.26. The molecule has 1 aromatic rings. The van der Waals surface area contributed by atoms with Crippen LogP contribution in [0.1, 0.15) is 26.3 Å². The number of hydrogen-bond acceptors (Lipinski definition) is 3. The van der Waals surface area contributed by atoms with E-state index in [4.69, 9.17) is 9.84 Å². The van der Waals surface area contributed by atoms with E-state index < -0.39 is 17.7 Å². The molecule has 0 spiro atoms. The van der Waals surface area contributed by atoms with Gasteiger partial charge in [0.2, 0.25) is 0 Å². The van der Waals surface area contributed by atoms with E-state index in [2.05, 4.69) is 0 Å². The van der Waals surface area contributed by atoms with Crippen molar-refractivity contribution in [1.82, 2.24) is 0 Å². The molecule has 1 amide bonds. The number of carboxylic acid groups (broad SMARTS) is 1. The smallest absolute Gasteiger partial charge is 0.414 e. The van der Waals surface area contributed by atoms with Gasteiger partial charge in [-0.3, -0.25) is 4.90 Å². The number of carbonyl (C=O) groups excluding carboxylic acids is 1. The molecule has 0 aliphatic heterocycles. The van der Waals surface area contributed by atoms with Crippen LogP contribution in [0, 0.1) is 0 Å². The lowest BCUT2D eigenvalue weighted by Gasteiger charge is -2.24. The van der Waals surface area contributed by atoms with E-state index in [1.165, 1.54) is 11.0 Å². The number of carboxylic acids is 1. The van der Waals surface area contributed by atoms with Gasteiger partial charge < -0.3 is 9.84 Å². The monoisotopic (exact) mass is 303 g/mol. The molecule has 5 nitrogen and oxygen atoms in total. The molecule has 22 heavy (non-hydrogen) atoms. The Bertz CT molecular complexity index is 580. The molecule has 0 saturated heterocycles. The second kappa shape index (κ2) is 7.45. The number of carbonyl (C=O) groups is 2. The number of allylic oxidation sites excluding steroid dienone is 2. The predicted molar refractivity (Wildman–Crippen MR) is 86.9 cm³/mol. The van der Waals surface area contributed by atoms with Crippen LogP contribution < -0.4 is 4.90 Å². The van der Waals surface area contributed by atoms with Gasteiger partial charge in [-0.15, -0.1) is 0 Å². The van der Waals surface area contributed by atoms with Crippen LogP contribution in [0.15, 0.2) is 42.5 Å². The Hall–Kier alpha value is -2.56. The number of amides is 1. The van der Waals surface area contributed by atoms with E-state index in [0.717, 1.165) is 11.6 Å². The largest absolute Gasteiger partial charge is 0.478 e. The molecule has 118 valence electrons. The molecular formula is C17H21NO4. The predicted octanol–water partition coefficient (Wildman–Crippen LogP) is 3.71. The molecule has 5 heteroatoms. The summed E-state index contributed by atoms with van der Waals surface area (Å²) < 4.78 is 5.29. The van der Waals surface area contributed by atoms with Crippen LogP contribution in [-0.4, -0.2) is 29.8 Å². The van der Waals surface area contributed by atoms with Crippen molar-refractivity contribution in [2.45, 2.75) is 26.4 Å². The van der Waals surface area contributed by atoms with Crippen molar-refractivity contribution in [1.29, 1.82) is 0 Å². The van der Waals surface area contributed by atoms with E-state index in [1.54, 1.807) is 31.3 Å². The first-order chi connectivity index (χ1) is 10.2. The number of anilines is 1. The van der Waals surface area contributed by atoms with E-state index in [-0.39, 0.29) is 0 Å². The molecule has 1 N–H and O–H groups in total. The van der Waals surface area contributed by atoms with Crippen molar-refractivity contribution in [2.75, 3.05) is 11.9 Å². The van der Waals surface area contributed by atoms with Crippen molar-refractivity contribution in [3.8, 4) is 0 Å². The molecule has 0 atom stereocenters. The van der Waals surface area contributed by atoms with Crippen molar-refractivity contribution >= 4 is 23.8 Å². The number of benzene rings is 1. The minimum Gasteiger partial charge on any atom is -0.478 e. The number of nitrogens with zero attached hydrogens (tertiary/aromatic N) is 1. The molecule has 0 fully saturated rings. The highest BCUT2D eigenvalue weighted by atomic mass is 16.6. The molecule has 0 aromatic heterocycles. The summed E-state index contributed by atoms with van der Waals surface area (Å²) in [6, 6.07) is 7.26. The van der Waals surface area contributed by atoms with Gasteiger partial charge in [-0.1, -0.05) is 30.4 Å². The Morgan fingerprint density at radius 1 is 1.14 bits per heavy atom. The standard InChI is InChI=1S/C17H21NO4/c1-17(2,3)22-16(21)18(4)14-11-9-13(10-12-14)7-5-6-8-15(19)20/h5-12H,1-4H3,(H,19,20). The van der Waals surface area contributed by atoms with Gasteiger partial charge in [-0.25, -0.2) is 9.59 Å². The van der Waals surface area contributed by atoms with E-state index in [1.807, 2.05) is 32.9 Å². The second-order valence-electron chi connectivity index (χ2n) is 5.69. The van der Waals surface area contributed by atoms with Gasteiger partial charge in [0.1, 0.15) is 5.60 Å². The molecule has 0 saturated carbocycles. The van der Waals surface area contributed by atoms with E-state index >= 15 is 0 Å². The van der Waals surface area contributed by atoms with Crippen LogP contribution >= 0.6 is 0 Å². The zero-order chi connectivity index (χ0) is 16.8. The minimum atomic E-state index is -0.987. The fourth-order valence-electron chi connectivity index (χ4n) is 1.55. The van der Waals surface area contributed by atoms with Gasteiger partial charge in [-0.05, 0) is 38.5 Å². The molecule has 0 bridgehead atoms. The molecule has 0 aliphatic rings. The van der Waals surface area contributed by atoms with Crippen molar-refractivity contribution in [2.24, 2.45) is 0 Å². The Morgan fingerprint density at radius 2 is 1.73 bits per heavy atom. The zero-order valence-electron chi connectivity index (χ0n) is 13.2. The van der Waals surface area contributed by atoms with Crippen molar-refractivity contribution in [3.05, 3.63) is 48.1 Å². The van der Waals surface area contributed by atoms with Gasteiger partial charge in [0.15, 0.2) is 0 Å². The summed E-state index contributed by atoms with van der Waals surface area (Å²) in [6.45, 7) is 5.45. The summed E-state index contributed by atoms with van der Waals surface area (Å²) in [5.41, 5.74) is 1.08. The Morgan fingerprint density at radius 3 is 2.23 bits per heavy atom. The maximum absolute atomic E-state index is 11.9. The Balaban J connectivity index is 2.72. The lowest BCUT2D eigenvalue weighted by molar-refractivity contribution is -0.131. The number of aliphatic carboxylic acids is 1. The zero-order valence-corrected chi connectivity index (χ0v) is 13.2. The van der Waals surface area contributed by atoms with Crippen LogP contribution in [-0.2, 0) is 9.53 Å². The third-order valence-corrected chi connectivity index (χ3v) is 2.59. The molecule has 1 rings (SSSR count). The molecule has 1 aromatic carbocycles. The highest BCUT2D eigenvalue weighted by Gasteiger charge is 2.20. The topological polar surface area (TPSA) is 66.8 Å². The van der Waals surface area contributed by atoms with Gasteiger partial charge in [0.25, 0.3) is 0 Å².